The van der Waals surface area contributed by atoms with Gasteiger partial charge in [-0.15, -0.1) is 0 Å². The fourth-order valence-corrected chi connectivity index (χ4v) is 3.99. The molecule has 0 N–H and O–H groups in total. The number of ether oxygens (including phenoxy) is 1. The Labute approximate surface area is 163 Å². The van der Waals surface area contributed by atoms with Gasteiger partial charge >= 0.3 is 0 Å². The second-order valence-corrected chi connectivity index (χ2v) is 7.51. The van der Waals surface area contributed by atoms with Crippen LogP contribution in [0.25, 0.3) is 0 Å². The van der Waals surface area contributed by atoms with Gasteiger partial charge in [-0.1, -0.05) is 46.2 Å². The van der Waals surface area contributed by atoms with Gasteiger partial charge in [0.2, 0.25) is 0 Å². The molecule has 27 heavy (non-hydrogen) atoms. The summed E-state index contributed by atoms with van der Waals surface area (Å²) in [6, 6.07) is 13.0. The van der Waals surface area contributed by atoms with E-state index in [1.54, 1.807) is 36.4 Å². The van der Waals surface area contributed by atoms with E-state index in [-0.39, 0.29) is 23.6 Å². The number of ketones is 1. The molecule has 2 aromatic rings. The van der Waals surface area contributed by atoms with Crippen molar-refractivity contribution in [2.45, 2.75) is 45.4 Å². The standard InChI is InChI=1S/C16H15NO4S.C3H8.C2H6/c1-21-12-6-8-13(9-7-12)22(19,20)17-11-10-16(18)14-4-2-3-5-15(14)17;1-3-2;1-2/h2-9H,10-11H2,1H3;3H2,1-2H3;1-2H3. The second-order valence-electron chi connectivity index (χ2n) is 5.65. The van der Waals surface area contributed by atoms with Crippen molar-refractivity contribution in [1.29, 1.82) is 0 Å². The Morgan fingerprint density at radius 2 is 1.56 bits per heavy atom. The van der Waals surface area contributed by atoms with Crippen LogP contribution in [-0.2, 0) is 10.0 Å². The third kappa shape index (κ3) is 5.32. The minimum Gasteiger partial charge on any atom is -0.497 e. The first kappa shape index (κ1) is 22.7. The molecule has 0 aliphatic carbocycles. The number of rotatable bonds is 3. The van der Waals surface area contributed by atoms with Crippen LogP contribution in [0, 0.1) is 0 Å². The molecule has 0 saturated heterocycles. The average molecular weight is 392 g/mol. The number of Topliss-reactive ketones (excluding diaryl/α,β-unsaturated/α-hetero) is 1. The molecule has 0 aromatic heterocycles. The number of nitrogens with zero attached hydrogens (tertiary/aromatic N) is 1. The van der Waals surface area contributed by atoms with Crippen molar-refractivity contribution >= 4 is 21.5 Å². The Bertz CT molecular complexity index is 830. The zero-order chi connectivity index (χ0) is 20.4. The third-order valence-electron chi connectivity index (χ3n) is 3.66. The van der Waals surface area contributed by atoms with Crippen LogP contribution in [0.15, 0.2) is 53.4 Å². The lowest BCUT2D eigenvalue weighted by Gasteiger charge is -2.29. The van der Waals surface area contributed by atoms with E-state index in [0.717, 1.165) is 0 Å². The van der Waals surface area contributed by atoms with Crippen molar-refractivity contribution < 1.29 is 17.9 Å². The summed E-state index contributed by atoms with van der Waals surface area (Å²) < 4.78 is 32.0. The molecule has 0 atom stereocenters. The van der Waals surface area contributed by atoms with Crippen LogP contribution in [0.3, 0.4) is 0 Å². The van der Waals surface area contributed by atoms with Gasteiger partial charge in [0.1, 0.15) is 5.75 Å². The highest BCUT2D eigenvalue weighted by molar-refractivity contribution is 7.92. The average Bonchev–Trinajstić information content (AvgIpc) is 2.70. The molecule has 148 valence electrons. The second kappa shape index (κ2) is 10.7. The zero-order valence-electron chi connectivity index (χ0n) is 16.7. The highest BCUT2D eigenvalue weighted by atomic mass is 32.2. The molecule has 5 nitrogen and oxygen atoms in total. The normalized spacial score (nSPS) is 12.8. The number of hydrogen-bond acceptors (Lipinski definition) is 4. The van der Waals surface area contributed by atoms with Crippen LogP contribution in [0.2, 0.25) is 0 Å². The van der Waals surface area contributed by atoms with E-state index in [4.69, 9.17) is 4.74 Å². The molecule has 0 spiro atoms. The number of hydrogen-bond donors (Lipinski definition) is 0. The Balaban J connectivity index is 0.000000665. The van der Waals surface area contributed by atoms with E-state index in [2.05, 4.69) is 13.8 Å². The van der Waals surface area contributed by atoms with E-state index >= 15 is 0 Å². The molecule has 6 heteroatoms. The van der Waals surface area contributed by atoms with Crippen LogP contribution in [0.1, 0.15) is 50.9 Å². The fourth-order valence-electron chi connectivity index (χ4n) is 2.51. The number of carbonyl (C=O) groups excluding carboxylic acids is 1. The largest absolute Gasteiger partial charge is 0.497 e. The molecule has 1 aliphatic rings. The van der Waals surface area contributed by atoms with Gasteiger partial charge in [-0.3, -0.25) is 9.10 Å². The summed E-state index contributed by atoms with van der Waals surface area (Å²) in [5.74, 6) is 0.560. The molecule has 0 saturated carbocycles. The van der Waals surface area contributed by atoms with Crippen molar-refractivity contribution in [3.63, 3.8) is 0 Å². The van der Waals surface area contributed by atoms with Gasteiger partial charge < -0.3 is 4.74 Å². The molecular formula is C21H29NO4S. The maximum Gasteiger partial charge on any atom is 0.264 e. The molecule has 0 radical (unpaired) electrons. The van der Waals surface area contributed by atoms with Gasteiger partial charge in [0.25, 0.3) is 10.0 Å². The number of anilines is 1. The Morgan fingerprint density at radius 1 is 1.00 bits per heavy atom. The topological polar surface area (TPSA) is 63.7 Å². The SMILES string of the molecule is CC.CCC.COc1ccc(S(=O)(=O)N2CCC(=O)c3ccccc32)cc1. The monoisotopic (exact) mass is 391 g/mol. The minimum absolute atomic E-state index is 0.0308. The molecule has 0 unspecified atom stereocenters. The molecule has 0 fully saturated rings. The van der Waals surface area contributed by atoms with E-state index in [1.807, 2.05) is 13.8 Å². The van der Waals surface area contributed by atoms with Crippen molar-refractivity contribution in [1.82, 2.24) is 0 Å². The van der Waals surface area contributed by atoms with Crippen LogP contribution in [0.5, 0.6) is 5.75 Å². The highest BCUT2D eigenvalue weighted by Crippen LogP contribution is 2.32. The van der Waals surface area contributed by atoms with E-state index in [9.17, 15) is 13.2 Å². The van der Waals surface area contributed by atoms with Crippen LogP contribution >= 0.6 is 0 Å². The maximum absolute atomic E-state index is 12.8. The number of fused-ring (bicyclic) bond motifs is 1. The van der Waals surface area contributed by atoms with Crippen molar-refractivity contribution in [2.75, 3.05) is 18.0 Å². The molecular weight excluding hydrogens is 362 g/mol. The molecule has 0 amide bonds. The molecule has 1 aliphatic heterocycles. The molecule has 3 rings (SSSR count). The predicted molar refractivity (Wildman–Crippen MR) is 110 cm³/mol. The molecule has 2 aromatic carbocycles. The van der Waals surface area contributed by atoms with Gasteiger partial charge in [0.05, 0.1) is 17.7 Å². The van der Waals surface area contributed by atoms with Crippen LogP contribution < -0.4 is 9.04 Å². The molecule has 0 bridgehead atoms. The number of sulfonamides is 1. The Kier molecular flexibility index (Phi) is 9.02. The maximum atomic E-state index is 12.8. The summed E-state index contributed by atoms with van der Waals surface area (Å²) in [4.78, 5) is 12.1. The lowest BCUT2D eigenvalue weighted by atomic mass is 10.0. The van der Waals surface area contributed by atoms with E-state index < -0.39 is 10.0 Å². The van der Waals surface area contributed by atoms with Crippen molar-refractivity contribution in [3.8, 4) is 5.75 Å². The summed E-state index contributed by atoms with van der Waals surface area (Å²) in [5, 5.41) is 0. The third-order valence-corrected chi connectivity index (χ3v) is 5.49. The lowest BCUT2D eigenvalue weighted by Crippen LogP contribution is -2.37. The van der Waals surface area contributed by atoms with Gasteiger partial charge in [-0.25, -0.2) is 8.42 Å². The summed E-state index contributed by atoms with van der Waals surface area (Å²) >= 11 is 0. The minimum atomic E-state index is -3.70. The number of carbonyl (C=O) groups is 1. The smallest absolute Gasteiger partial charge is 0.264 e. The van der Waals surface area contributed by atoms with Crippen molar-refractivity contribution in [3.05, 3.63) is 54.1 Å². The first-order valence-corrected chi connectivity index (χ1v) is 10.7. The Hall–Kier alpha value is -2.34. The summed E-state index contributed by atoms with van der Waals surface area (Å²) in [7, 11) is -2.17. The molecule has 1 heterocycles. The number of para-hydroxylation sites is 1. The number of benzene rings is 2. The summed E-state index contributed by atoms with van der Waals surface area (Å²) in [6.07, 6.45) is 1.44. The zero-order valence-corrected chi connectivity index (χ0v) is 17.5. The van der Waals surface area contributed by atoms with E-state index in [0.29, 0.717) is 17.0 Å². The first-order chi connectivity index (χ1) is 13.0. The summed E-state index contributed by atoms with van der Waals surface area (Å²) in [5.41, 5.74) is 0.889. The Morgan fingerprint density at radius 3 is 2.11 bits per heavy atom. The quantitative estimate of drug-likeness (QED) is 0.745. The lowest BCUT2D eigenvalue weighted by molar-refractivity contribution is 0.0982. The van der Waals surface area contributed by atoms with Gasteiger partial charge in [0.15, 0.2) is 5.78 Å². The van der Waals surface area contributed by atoms with Gasteiger partial charge in [-0.05, 0) is 36.4 Å². The number of methoxy groups -OCH3 is 1. The predicted octanol–water partition coefficient (Wildman–Crippen LogP) is 4.92. The summed E-state index contributed by atoms with van der Waals surface area (Å²) in [6.45, 7) is 8.41. The van der Waals surface area contributed by atoms with Crippen LogP contribution in [-0.4, -0.2) is 27.9 Å². The van der Waals surface area contributed by atoms with Crippen LogP contribution in [0.4, 0.5) is 5.69 Å². The van der Waals surface area contributed by atoms with Crippen molar-refractivity contribution in [2.24, 2.45) is 0 Å². The van der Waals surface area contributed by atoms with Gasteiger partial charge in [0, 0.05) is 18.5 Å². The first-order valence-electron chi connectivity index (χ1n) is 9.24. The van der Waals surface area contributed by atoms with E-state index in [1.165, 1.54) is 30.0 Å². The van der Waals surface area contributed by atoms with Gasteiger partial charge in [-0.2, -0.15) is 0 Å². The highest BCUT2D eigenvalue weighted by Gasteiger charge is 2.31. The fraction of sp³-hybridized carbons (Fsp3) is 0.381.